The van der Waals surface area contributed by atoms with Crippen molar-refractivity contribution in [2.75, 3.05) is 13.1 Å². The van der Waals surface area contributed by atoms with Crippen LogP contribution in [0.25, 0.3) is 0 Å². The largest absolute Gasteiger partial charge is 0.339 e. The number of hydrogen-bond donors (Lipinski definition) is 0. The van der Waals surface area contributed by atoms with Crippen molar-refractivity contribution >= 4 is 37.8 Å². The number of carbonyl (C=O) groups is 1. The Bertz CT molecular complexity index is 431. The van der Waals surface area contributed by atoms with Gasteiger partial charge in [-0.25, -0.2) is 4.39 Å². The predicted octanol–water partition coefficient (Wildman–Crippen LogP) is 3.59. The summed E-state index contributed by atoms with van der Waals surface area (Å²) in [6.07, 6.45) is 1.89. The molecule has 92 valence electrons. The van der Waals surface area contributed by atoms with Crippen LogP contribution >= 0.6 is 31.9 Å². The summed E-state index contributed by atoms with van der Waals surface area (Å²) in [6, 6.07) is 4.19. The Balaban J connectivity index is 2.16. The van der Waals surface area contributed by atoms with E-state index in [0.717, 1.165) is 25.9 Å². The standard InChI is InChI=1S/C12H12Br2FNO/c13-8-3-5-16(6-4-8)12(17)10-7-9(15)1-2-11(10)14/h1-2,7-8H,3-6H2. The summed E-state index contributed by atoms with van der Waals surface area (Å²) >= 11 is 6.83. The van der Waals surface area contributed by atoms with Gasteiger partial charge in [0.25, 0.3) is 5.91 Å². The molecule has 1 aliphatic heterocycles. The maximum atomic E-state index is 13.1. The van der Waals surface area contributed by atoms with Crippen LogP contribution in [-0.2, 0) is 0 Å². The summed E-state index contributed by atoms with van der Waals surface area (Å²) in [6.45, 7) is 1.44. The van der Waals surface area contributed by atoms with E-state index in [2.05, 4.69) is 31.9 Å². The number of alkyl halides is 1. The van der Waals surface area contributed by atoms with Gasteiger partial charge in [-0.05, 0) is 47.0 Å². The fourth-order valence-corrected chi connectivity index (χ4v) is 2.71. The number of benzene rings is 1. The summed E-state index contributed by atoms with van der Waals surface area (Å²) in [5.41, 5.74) is 0.401. The van der Waals surface area contributed by atoms with Gasteiger partial charge in [0.15, 0.2) is 0 Å². The van der Waals surface area contributed by atoms with Crippen LogP contribution in [0.1, 0.15) is 23.2 Å². The molecular weight excluding hydrogens is 353 g/mol. The molecule has 1 amide bonds. The molecule has 1 aromatic carbocycles. The summed E-state index contributed by atoms with van der Waals surface area (Å²) in [5.74, 6) is -0.484. The number of hydrogen-bond acceptors (Lipinski definition) is 1. The highest BCUT2D eigenvalue weighted by atomic mass is 79.9. The first-order valence-corrected chi connectivity index (χ1v) is 7.17. The maximum Gasteiger partial charge on any atom is 0.255 e. The molecule has 0 atom stereocenters. The van der Waals surface area contributed by atoms with Gasteiger partial charge in [0.2, 0.25) is 0 Å². The number of halogens is 3. The molecule has 0 bridgehead atoms. The average molecular weight is 365 g/mol. The Kier molecular flexibility index (Phi) is 4.20. The van der Waals surface area contributed by atoms with E-state index in [1.165, 1.54) is 12.1 Å². The lowest BCUT2D eigenvalue weighted by atomic mass is 10.1. The number of piperidine rings is 1. The summed E-state index contributed by atoms with van der Waals surface area (Å²) in [5, 5.41) is 0. The van der Waals surface area contributed by atoms with Crippen molar-refractivity contribution in [3.05, 3.63) is 34.1 Å². The van der Waals surface area contributed by atoms with Crippen LogP contribution in [0.15, 0.2) is 22.7 Å². The second kappa shape index (κ2) is 5.48. The van der Waals surface area contributed by atoms with Crippen molar-refractivity contribution in [2.24, 2.45) is 0 Å². The zero-order valence-electron chi connectivity index (χ0n) is 9.13. The molecular formula is C12H12Br2FNO. The van der Waals surface area contributed by atoms with Gasteiger partial charge in [-0.3, -0.25) is 4.79 Å². The van der Waals surface area contributed by atoms with E-state index in [0.29, 0.717) is 14.9 Å². The molecule has 1 aliphatic rings. The van der Waals surface area contributed by atoms with Crippen molar-refractivity contribution in [1.29, 1.82) is 0 Å². The molecule has 1 heterocycles. The molecule has 0 aromatic heterocycles. The highest BCUT2D eigenvalue weighted by Crippen LogP contribution is 2.23. The highest BCUT2D eigenvalue weighted by molar-refractivity contribution is 9.10. The Morgan fingerprint density at radius 3 is 2.65 bits per heavy atom. The summed E-state index contributed by atoms with van der Waals surface area (Å²) in [4.78, 5) is 14.5. The smallest absolute Gasteiger partial charge is 0.255 e. The fraction of sp³-hybridized carbons (Fsp3) is 0.417. The Morgan fingerprint density at radius 1 is 1.35 bits per heavy atom. The molecule has 2 rings (SSSR count). The van der Waals surface area contributed by atoms with E-state index in [-0.39, 0.29) is 11.7 Å². The molecule has 0 unspecified atom stereocenters. The van der Waals surface area contributed by atoms with Crippen LogP contribution in [0.4, 0.5) is 4.39 Å². The minimum absolute atomic E-state index is 0.101. The van der Waals surface area contributed by atoms with Crippen molar-refractivity contribution < 1.29 is 9.18 Å². The first kappa shape index (κ1) is 13.0. The van der Waals surface area contributed by atoms with E-state index < -0.39 is 0 Å². The van der Waals surface area contributed by atoms with Crippen LogP contribution in [-0.4, -0.2) is 28.7 Å². The number of likely N-dealkylation sites (tertiary alicyclic amines) is 1. The predicted molar refractivity (Wildman–Crippen MR) is 72.0 cm³/mol. The average Bonchev–Trinajstić information content (AvgIpc) is 2.32. The van der Waals surface area contributed by atoms with Gasteiger partial charge in [0.1, 0.15) is 5.82 Å². The van der Waals surface area contributed by atoms with E-state index in [4.69, 9.17) is 0 Å². The maximum absolute atomic E-state index is 13.1. The molecule has 0 aliphatic carbocycles. The lowest BCUT2D eigenvalue weighted by Gasteiger charge is -2.29. The fourth-order valence-electron chi connectivity index (χ4n) is 1.88. The monoisotopic (exact) mass is 363 g/mol. The van der Waals surface area contributed by atoms with E-state index >= 15 is 0 Å². The van der Waals surface area contributed by atoms with Gasteiger partial charge in [0.05, 0.1) is 5.56 Å². The van der Waals surface area contributed by atoms with Gasteiger partial charge < -0.3 is 4.90 Å². The molecule has 0 N–H and O–H groups in total. The Labute approximate surface area is 116 Å². The van der Waals surface area contributed by atoms with E-state index in [1.807, 2.05) is 0 Å². The Hall–Kier alpha value is -0.420. The number of rotatable bonds is 1. The third kappa shape index (κ3) is 3.07. The van der Waals surface area contributed by atoms with Crippen LogP contribution in [0.3, 0.4) is 0 Å². The van der Waals surface area contributed by atoms with Crippen LogP contribution in [0, 0.1) is 5.82 Å². The zero-order chi connectivity index (χ0) is 12.4. The number of amides is 1. The van der Waals surface area contributed by atoms with E-state index in [9.17, 15) is 9.18 Å². The number of carbonyl (C=O) groups excluding carboxylic acids is 1. The normalized spacial score (nSPS) is 17.2. The zero-order valence-corrected chi connectivity index (χ0v) is 12.3. The molecule has 0 spiro atoms. The topological polar surface area (TPSA) is 20.3 Å². The van der Waals surface area contributed by atoms with E-state index in [1.54, 1.807) is 11.0 Å². The molecule has 0 radical (unpaired) electrons. The van der Waals surface area contributed by atoms with Crippen LogP contribution in [0.2, 0.25) is 0 Å². The van der Waals surface area contributed by atoms with Crippen LogP contribution < -0.4 is 0 Å². The van der Waals surface area contributed by atoms with Crippen molar-refractivity contribution in [3.63, 3.8) is 0 Å². The van der Waals surface area contributed by atoms with Gasteiger partial charge >= 0.3 is 0 Å². The van der Waals surface area contributed by atoms with Crippen molar-refractivity contribution in [2.45, 2.75) is 17.7 Å². The molecule has 0 saturated carbocycles. The first-order valence-electron chi connectivity index (χ1n) is 5.46. The van der Waals surface area contributed by atoms with Gasteiger partial charge in [-0.2, -0.15) is 0 Å². The quantitative estimate of drug-likeness (QED) is 0.697. The second-order valence-electron chi connectivity index (χ2n) is 4.09. The van der Waals surface area contributed by atoms with Crippen molar-refractivity contribution in [1.82, 2.24) is 4.90 Å². The molecule has 1 aromatic rings. The van der Waals surface area contributed by atoms with Crippen molar-refractivity contribution in [3.8, 4) is 0 Å². The minimum atomic E-state index is -0.382. The van der Waals surface area contributed by atoms with Gasteiger partial charge in [-0.15, -0.1) is 0 Å². The molecule has 5 heteroatoms. The first-order chi connectivity index (χ1) is 8.08. The summed E-state index contributed by atoms with van der Waals surface area (Å²) < 4.78 is 13.8. The number of nitrogens with zero attached hydrogens (tertiary/aromatic N) is 1. The highest BCUT2D eigenvalue weighted by Gasteiger charge is 2.23. The molecule has 1 fully saturated rings. The third-order valence-electron chi connectivity index (χ3n) is 2.87. The summed E-state index contributed by atoms with van der Waals surface area (Å²) in [7, 11) is 0. The lowest BCUT2D eigenvalue weighted by molar-refractivity contribution is 0.0727. The molecule has 1 saturated heterocycles. The van der Waals surface area contributed by atoms with Gasteiger partial charge in [-0.1, -0.05) is 15.9 Å². The second-order valence-corrected chi connectivity index (χ2v) is 6.24. The third-order valence-corrected chi connectivity index (χ3v) is 4.48. The SMILES string of the molecule is O=C(c1cc(F)ccc1Br)N1CCC(Br)CC1. The van der Waals surface area contributed by atoms with Gasteiger partial charge in [0, 0.05) is 22.4 Å². The Morgan fingerprint density at radius 2 is 2.00 bits per heavy atom. The lowest BCUT2D eigenvalue weighted by Crippen LogP contribution is -2.38. The van der Waals surface area contributed by atoms with Crippen LogP contribution in [0.5, 0.6) is 0 Å². The molecule has 2 nitrogen and oxygen atoms in total. The molecule has 17 heavy (non-hydrogen) atoms. The minimum Gasteiger partial charge on any atom is -0.339 e.